The van der Waals surface area contributed by atoms with E-state index in [-0.39, 0.29) is 41.7 Å². The van der Waals surface area contributed by atoms with Crippen LogP contribution in [-0.2, 0) is 21.8 Å². The minimum Gasteiger partial charge on any atom is -0.406 e. The van der Waals surface area contributed by atoms with Crippen LogP contribution in [0.25, 0.3) is 0 Å². The molecule has 2 aliphatic heterocycles. The predicted molar refractivity (Wildman–Crippen MR) is 110 cm³/mol. The number of halogens is 3. The quantitative estimate of drug-likeness (QED) is 0.693. The first-order valence-corrected chi connectivity index (χ1v) is 11.7. The van der Waals surface area contributed by atoms with Crippen molar-refractivity contribution in [3.05, 3.63) is 36.8 Å². The minimum atomic E-state index is -4.79. The number of sulfonamides is 1. The van der Waals surface area contributed by atoms with Crippen molar-refractivity contribution >= 4 is 15.7 Å². The summed E-state index contributed by atoms with van der Waals surface area (Å²) in [6, 6.07) is 5.27. The highest BCUT2D eigenvalue weighted by Crippen LogP contribution is 2.35. The molecule has 1 aromatic heterocycles. The SMILES string of the molecule is Cn1cnc(S(=O)(=O)N2C[C@H]([C@@H]3CCCOC3)[C@@H](Nc3cccc(OC(F)(F)F)c3)C2)c1. The Kier molecular flexibility index (Phi) is 6.37. The lowest BCUT2D eigenvalue weighted by Crippen LogP contribution is -2.36. The molecule has 0 saturated carbocycles. The van der Waals surface area contributed by atoms with Gasteiger partial charge in [-0.25, -0.2) is 13.4 Å². The number of rotatable bonds is 6. The van der Waals surface area contributed by atoms with Crippen molar-refractivity contribution in [2.45, 2.75) is 30.3 Å². The molecular weight excluding hydrogens is 449 g/mol. The summed E-state index contributed by atoms with van der Waals surface area (Å²) in [5, 5.41) is 3.21. The molecule has 3 atom stereocenters. The third-order valence-corrected chi connectivity index (χ3v) is 7.56. The van der Waals surface area contributed by atoms with E-state index < -0.39 is 16.4 Å². The fourth-order valence-corrected chi connectivity index (χ4v) is 5.84. The number of nitrogens with one attached hydrogen (secondary N) is 1. The fourth-order valence-electron chi connectivity index (χ4n) is 4.37. The summed E-state index contributed by atoms with van der Waals surface area (Å²) in [6.07, 6.45) is -0.126. The van der Waals surface area contributed by atoms with Crippen molar-refractivity contribution < 1.29 is 31.1 Å². The monoisotopic (exact) mass is 474 g/mol. The second kappa shape index (κ2) is 8.91. The Bertz CT molecular complexity index is 1040. The van der Waals surface area contributed by atoms with Crippen LogP contribution in [0.3, 0.4) is 0 Å². The standard InChI is InChI=1S/C20H25F3N4O4S/c1-26-11-19(24-13-26)32(28,29)27-9-17(14-4-3-7-30-12-14)18(10-27)25-15-5-2-6-16(8-15)31-20(21,22)23/h2,5-6,8,11,13-14,17-18,25H,3-4,7,9-10,12H2,1H3/t14-,17-,18+/m1/s1. The normalized spacial score (nSPS) is 25.1. The Morgan fingerprint density at radius 1 is 1.28 bits per heavy atom. The summed E-state index contributed by atoms with van der Waals surface area (Å²) in [7, 11) is -2.11. The zero-order valence-corrected chi connectivity index (χ0v) is 18.3. The maximum Gasteiger partial charge on any atom is 0.573 e. The second-order valence-electron chi connectivity index (χ2n) is 8.17. The predicted octanol–water partition coefficient (Wildman–Crippen LogP) is 2.85. The van der Waals surface area contributed by atoms with Gasteiger partial charge in [-0.2, -0.15) is 4.31 Å². The van der Waals surface area contributed by atoms with E-state index in [1.165, 1.54) is 35.0 Å². The zero-order chi connectivity index (χ0) is 22.9. The molecule has 0 aliphatic carbocycles. The van der Waals surface area contributed by atoms with E-state index in [1.807, 2.05) is 0 Å². The van der Waals surface area contributed by atoms with Crippen molar-refractivity contribution in [2.24, 2.45) is 18.9 Å². The lowest BCUT2D eigenvalue weighted by molar-refractivity contribution is -0.274. The zero-order valence-electron chi connectivity index (χ0n) is 17.5. The molecule has 0 amide bonds. The molecule has 8 nitrogen and oxygen atoms in total. The van der Waals surface area contributed by atoms with E-state index in [9.17, 15) is 21.6 Å². The van der Waals surface area contributed by atoms with Gasteiger partial charge in [-0.05, 0) is 36.8 Å². The highest BCUT2D eigenvalue weighted by atomic mass is 32.2. The van der Waals surface area contributed by atoms with Crippen molar-refractivity contribution in [1.29, 1.82) is 0 Å². The number of alkyl halides is 3. The molecule has 32 heavy (non-hydrogen) atoms. The lowest BCUT2D eigenvalue weighted by Gasteiger charge is -2.31. The van der Waals surface area contributed by atoms with E-state index in [0.717, 1.165) is 12.8 Å². The van der Waals surface area contributed by atoms with Gasteiger partial charge in [0, 0.05) is 57.3 Å². The number of aryl methyl sites for hydroxylation is 1. The highest BCUT2D eigenvalue weighted by Gasteiger charge is 2.44. The van der Waals surface area contributed by atoms with Gasteiger partial charge in [0.25, 0.3) is 10.0 Å². The number of benzene rings is 1. The summed E-state index contributed by atoms with van der Waals surface area (Å²) in [5.74, 6) is -0.267. The van der Waals surface area contributed by atoms with Gasteiger partial charge in [0.2, 0.25) is 0 Å². The van der Waals surface area contributed by atoms with Gasteiger partial charge in [-0.15, -0.1) is 13.2 Å². The van der Waals surface area contributed by atoms with Gasteiger partial charge in [-0.1, -0.05) is 6.07 Å². The molecule has 1 N–H and O–H groups in total. The van der Waals surface area contributed by atoms with Crippen LogP contribution in [0, 0.1) is 11.8 Å². The second-order valence-corrected chi connectivity index (χ2v) is 10.1. The van der Waals surface area contributed by atoms with Crippen LogP contribution >= 0.6 is 0 Å². The Balaban J connectivity index is 1.56. The lowest BCUT2D eigenvalue weighted by atomic mass is 9.84. The third kappa shape index (κ3) is 5.18. The molecule has 3 heterocycles. The molecule has 4 rings (SSSR count). The smallest absolute Gasteiger partial charge is 0.406 e. The molecule has 2 aromatic rings. The number of hydrogen-bond acceptors (Lipinski definition) is 6. The van der Waals surface area contributed by atoms with Gasteiger partial charge in [0.1, 0.15) is 5.75 Å². The van der Waals surface area contributed by atoms with E-state index >= 15 is 0 Å². The summed E-state index contributed by atoms with van der Waals surface area (Å²) < 4.78 is 76.6. The molecule has 2 fully saturated rings. The van der Waals surface area contributed by atoms with Gasteiger partial charge in [0.15, 0.2) is 5.03 Å². The molecule has 176 valence electrons. The Hall–Kier alpha value is -2.31. The minimum absolute atomic E-state index is 0.0279. The molecule has 0 spiro atoms. The Labute approximate surface area is 184 Å². The van der Waals surface area contributed by atoms with E-state index in [4.69, 9.17) is 4.74 Å². The van der Waals surface area contributed by atoms with Crippen LogP contribution in [0.15, 0.2) is 41.8 Å². The van der Waals surface area contributed by atoms with Gasteiger partial charge < -0.3 is 19.4 Å². The topological polar surface area (TPSA) is 85.7 Å². The Morgan fingerprint density at radius 2 is 2.09 bits per heavy atom. The number of hydrogen-bond donors (Lipinski definition) is 1. The first-order chi connectivity index (χ1) is 15.1. The Morgan fingerprint density at radius 3 is 2.75 bits per heavy atom. The maximum absolute atomic E-state index is 13.1. The average molecular weight is 475 g/mol. The van der Waals surface area contributed by atoms with Crippen LogP contribution < -0.4 is 10.1 Å². The number of anilines is 1. The maximum atomic E-state index is 13.1. The molecule has 12 heteroatoms. The van der Waals surface area contributed by atoms with Crippen LogP contribution in [-0.4, -0.2) is 61.0 Å². The number of nitrogens with zero attached hydrogens (tertiary/aromatic N) is 3. The van der Waals surface area contributed by atoms with Crippen molar-refractivity contribution in [3.63, 3.8) is 0 Å². The largest absolute Gasteiger partial charge is 0.573 e. The summed E-state index contributed by atoms with van der Waals surface area (Å²) >= 11 is 0. The number of ether oxygens (including phenoxy) is 2. The molecule has 1 aromatic carbocycles. The summed E-state index contributed by atoms with van der Waals surface area (Å²) in [4.78, 5) is 3.99. The van der Waals surface area contributed by atoms with Crippen molar-refractivity contribution in [2.75, 3.05) is 31.6 Å². The van der Waals surface area contributed by atoms with Crippen LogP contribution in [0.5, 0.6) is 5.75 Å². The van der Waals surface area contributed by atoms with Gasteiger partial charge >= 0.3 is 6.36 Å². The number of aromatic nitrogens is 2. The fraction of sp³-hybridized carbons (Fsp3) is 0.550. The van der Waals surface area contributed by atoms with Gasteiger partial charge in [0.05, 0.1) is 6.33 Å². The third-order valence-electron chi connectivity index (χ3n) is 5.84. The molecule has 0 radical (unpaired) electrons. The molecule has 0 unspecified atom stereocenters. The van der Waals surface area contributed by atoms with Crippen LogP contribution in [0.2, 0.25) is 0 Å². The van der Waals surface area contributed by atoms with Crippen LogP contribution in [0.1, 0.15) is 12.8 Å². The number of imidazole rings is 1. The highest BCUT2D eigenvalue weighted by molar-refractivity contribution is 7.89. The van der Waals surface area contributed by atoms with E-state index in [2.05, 4.69) is 15.0 Å². The average Bonchev–Trinajstić information content (AvgIpc) is 3.35. The van der Waals surface area contributed by atoms with E-state index in [0.29, 0.717) is 18.9 Å². The van der Waals surface area contributed by atoms with Crippen molar-refractivity contribution in [1.82, 2.24) is 13.9 Å². The van der Waals surface area contributed by atoms with Crippen molar-refractivity contribution in [3.8, 4) is 5.75 Å². The van der Waals surface area contributed by atoms with Gasteiger partial charge in [-0.3, -0.25) is 0 Å². The summed E-state index contributed by atoms with van der Waals surface area (Å²) in [5.41, 5.74) is 0.426. The molecular formula is C20H25F3N4O4S. The van der Waals surface area contributed by atoms with Crippen LogP contribution in [0.4, 0.5) is 18.9 Å². The van der Waals surface area contributed by atoms with E-state index in [1.54, 1.807) is 17.7 Å². The summed E-state index contributed by atoms with van der Waals surface area (Å²) in [6.45, 7) is 1.65. The molecule has 0 bridgehead atoms. The first-order valence-electron chi connectivity index (χ1n) is 10.3. The molecule has 2 aliphatic rings. The first kappa shape index (κ1) is 22.9. The molecule has 2 saturated heterocycles.